The fourth-order valence-corrected chi connectivity index (χ4v) is 3.64. The third-order valence-corrected chi connectivity index (χ3v) is 5.06. The highest BCUT2D eigenvalue weighted by atomic mass is 16.6. The number of aliphatic hydroxyl groups is 1. The van der Waals surface area contributed by atoms with Crippen LogP contribution in [-0.2, 0) is 16.1 Å². The van der Waals surface area contributed by atoms with E-state index >= 15 is 0 Å². The van der Waals surface area contributed by atoms with Crippen molar-refractivity contribution in [3.05, 3.63) is 112 Å². The predicted octanol–water partition coefficient (Wildman–Crippen LogP) is 3.61. The van der Waals surface area contributed by atoms with E-state index in [-0.39, 0.29) is 23.6 Å². The number of likely N-dealkylation sites (tertiary alicyclic amines) is 1. The van der Waals surface area contributed by atoms with Crippen LogP contribution in [0.1, 0.15) is 22.7 Å². The quantitative estimate of drug-likeness (QED) is 0.224. The highest BCUT2D eigenvalue weighted by molar-refractivity contribution is 6.46. The fraction of sp³-hybridized carbons (Fsp3) is 0.0870. The summed E-state index contributed by atoms with van der Waals surface area (Å²) in [5.41, 5.74) is 1.12. The van der Waals surface area contributed by atoms with Crippen molar-refractivity contribution in [2.24, 2.45) is 0 Å². The largest absolute Gasteiger partial charge is 0.507 e. The Labute approximate surface area is 177 Å². The van der Waals surface area contributed by atoms with Crippen molar-refractivity contribution in [3.8, 4) is 0 Å². The van der Waals surface area contributed by atoms with Gasteiger partial charge in [0.25, 0.3) is 17.4 Å². The number of carbonyl (C=O) groups is 2. The van der Waals surface area contributed by atoms with Gasteiger partial charge in [-0.2, -0.15) is 0 Å². The Morgan fingerprint density at radius 2 is 1.84 bits per heavy atom. The molecule has 8 heteroatoms. The second-order valence-corrected chi connectivity index (χ2v) is 7.01. The lowest BCUT2D eigenvalue weighted by atomic mass is 9.95. The van der Waals surface area contributed by atoms with Gasteiger partial charge in [-0.3, -0.25) is 24.7 Å². The topological polar surface area (TPSA) is 114 Å². The number of aromatic nitrogens is 1. The predicted molar refractivity (Wildman–Crippen MR) is 112 cm³/mol. The molecule has 4 rings (SSSR count). The van der Waals surface area contributed by atoms with Crippen LogP contribution in [0.5, 0.6) is 0 Å². The van der Waals surface area contributed by atoms with E-state index in [0.29, 0.717) is 16.7 Å². The van der Waals surface area contributed by atoms with Gasteiger partial charge in [-0.15, -0.1) is 0 Å². The molecule has 154 valence electrons. The molecule has 1 saturated heterocycles. The van der Waals surface area contributed by atoms with Gasteiger partial charge in [-0.05, 0) is 17.2 Å². The summed E-state index contributed by atoms with van der Waals surface area (Å²) in [6.07, 6.45) is 3.16. The molecule has 0 aliphatic carbocycles. The molecule has 2 heterocycles. The first-order valence-electron chi connectivity index (χ1n) is 9.44. The van der Waals surface area contributed by atoms with E-state index in [0.717, 1.165) is 0 Å². The molecule has 0 bridgehead atoms. The zero-order valence-corrected chi connectivity index (χ0v) is 16.2. The van der Waals surface area contributed by atoms with Crippen LogP contribution >= 0.6 is 0 Å². The Morgan fingerprint density at radius 1 is 1.06 bits per heavy atom. The number of nitro groups is 1. The van der Waals surface area contributed by atoms with Gasteiger partial charge < -0.3 is 10.0 Å². The van der Waals surface area contributed by atoms with Gasteiger partial charge in [0, 0.05) is 36.6 Å². The monoisotopic (exact) mass is 415 g/mol. The van der Waals surface area contributed by atoms with Crippen LogP contribution in [0.15, 0.2) is 84.7 Å². The highest BCUT2D eigenvalue weighted by Gasteiger charge is 2.46. The maximum absolute atomic E-state index is 13.0. The lowest BCUT2D eigenvalue weighted by molar-refractivity contribution is -0.384. The standard InChI is InChI=1S/C23H17N3O5/c27-21(16-7-2-1-3-8-16)19-20(17-9-4-10-18(12-17)26(30)31)25(23(29)22(19)28)14-15-6-5-11-24-13-15/h1-13,20,27H,14H2. The van der Waals surface area contributed by atoms with Crippen LogP contribution in [-0.4, -0.2) is 31.6 Å². The van der Waals surface area contributed by atoms with Gasteiger partial charge >= 0.3 is 0 Å². The minimum absolute atomic E-state index is 0.0529. The molecule has 0 saturated carbocycles. The SMILES string of the molecule is O=C1C(=O)N(Cc2cccnc2)C(c2cccc([N+](=O)[O-])c2)C1=C(O)c1ccccc1. The third-order valence-electron chi connectivity index (χ3n) is 5.06. The molecule has 1 aliphatic rings. The Bertz CT molecular complexity index is 1190. The van der Waals surface area contributed by atoms with E-state index in [1.54, 1.807) is 60.9 Å². The number of benzene rings is 2. The third kappa shape index (κ3) is 3.78. The van der Waals surface area contributed by atoms with E-state index in [1.807, 2.05) is 0 Å². The van der Waals surface area contributed by atoms with Crippen molar-refractivity contribution in [2.75, 3.05) is 0 Å². The average Bonchev–Trinajstić information content (AvgIpc) is 3.05. The molecule has 31 heavy (non-hydrogen) atoms. The maximum Gasteiger partial charge on any atom is 0.295 e. The Kier molecular flexibility index (Phi) is 5.28. The first-order valence-corrected chi connectivity index (χ1v) is 9.44. The van der Waals surface area contributed by atoms with E-state index < -0.39 is 22.7 Å². The zero-order valence-electron chi connectivity index (χ0n) is 16.2. The Balaban J connectivity index is 1.89. The van der Waals surface area contributed by atoms with Gasteiger partial charge in [-0.25, -0.2) is 0 Å². The van der Waals surface area contributed by atoms with Crippen molar-refractivity contribution >= 4 is 23.1 Å². The van der Waals surface area contributed by atoms with Crippen LogP contribution in [0.25, 0.3) is 5.76 Å². The molecular weight excluding hydrogens is 398 g/mol. The van der Waals surface area contributed by atoms with E-state index in [4.69, 9.17) is 0 Å². The number of aliphatic hydroxyl groups excluding tert-OH is 1. The number of Topliss-reactive ketones (excluding diaryl/α,β-unsaturated/α-hetero) is 1. The minimum Gasteiger partial charge on any atom is -0.507 e. The number of hydrogen-bond acceptors (Lipinski definition) is 6. The molecule has 1 amide bonds. The number of ketones is 1. The second-order valence-electron chi connectivity index (χ2n) is 7.01. The van der Waals surface area contributed by atoms with Gasteiger partial charge in [0.05, 0.1) is 16.5 Å². The number of rotatable bonds is 5. The van der Waals surface area contributed by atoms with E-state index in [2.05, 4.69) is 4.98 Å². The van der Waals surface area contributed by atoms with Gasteiger partial charge in [0.15, 0.2) is 0 Å². The number of amides is 1. The van der Waals surface area contributed by atoms with Crippen molar-refractivity contribution in [2.45, 2.75) is 12.6 Å². The van der Waals surface area contributed by atoms with Crippen LogP contribution < -0.4 is 0 Å². The van der Waals surface area contributed by atoms with Crippen molar-refractivity contribution in [1.29, 1.82) is 0 Å². The molecular formula is C23H17N3O5. The maximum atomic E-state index is 13.0. The number of carbonyl (C=O) groups excluding carboxylic acids is 2. The van der Waals surface area contributed by atoms with Crippen LogP contribution in [0.3, 0.4) is 0 Å². The first-order chi connectivity index (χ1) is 15.0. The zero-order chi connectivity index (χ0) is 22.0. The summed E-state index contributed by atoms with van der Waals surface area (Å²) in [4.78, 5) is 42.0. The summed E-state index contributed by atoms with van der Waals surface area (Å²) >= 11 is 0. The number of nitrogens with zero attached hydrogens (tertiary/aromatic N) is 3. The summed E-state index contributed by atoms with van der Waals surface area (Å²) < 4.78 is 0. The van der Waals surface area contributed by atoms with Crippen LogP contribution in [0, 0.1) is 10.1 Å². The molecule has 3 aromatic rings. The Hall–Kier alpha value is -4.33. The molecule has 2 aromatic carbocycles. The molecule has 1 fully saturated rings. The summed E-state index contributed by atoms with van der Waals surface area (Å²) in [7, 11) is 0. The molecule has 1 aromatic heterocycles. The van der Waals surface area contributed by atoms with E-state index in [1.165, 1.54) is 23.1 Å². The normalized spacial score (nSPS) is 17.7. The average molecular weight is 415 g/mol. The van der Waals surface area contributed by atoms with Crippen molar-refractivity contribution in [3.63, 3.8) is 0 Å². The smallest absolute Gasteiger partial charge is 0.295 e. The van der Waals surface area contributed by atoms with E-state index in [9.17, 15) is 24.8 Å². The molecule has 1 N–H and O–H groups in total. The summed E-state index contributed by atoms with van der Waals surface area (Å²) in [6.45, 7) is 0.0529. The molecule has 8 nitrogen and oxygen atoms in total. The summed E-state index contributed by atoms with van der Waals surface area (Å²) in [5.74, 6) is -1.97. The van der Waals surface area contributed by atoms with Crippen molar-refractivity contribution < 1.29 is 19.6 Å². The second kappa shape index (κ2) is 8.19. The van der Waals surface area contributed by atoms with Crippen LogP contribution in [0.4, 0.5) is 5.69 Å². The molecule has 0 radical (unpaired) electrons. The Morgan fingerprint density at radius 3 is 2.52 bits per heavy atom. The summed E-state index contributed by atoms with van der Waals surface area (Å²) in [5, 5.41) is 22.2. The molecule has 1 unspecified atom stereocenters. The van der Waals surface area contributed by atoms with Gasteiger partial charge in [0.1, 0.15) is 5.76 Å². The minimum atomic E-state index is -0.986. The lowest BCUT2D eigenvalue weighted by Crippen LogP contribution is -2.29. The first kappa shape index (κ1) is 20.0. The number of hydrogen-bond donors (Lipinski definition) is 1. The number of pyridine rings is 1. The van der Waals surface area contributed by atoms with Gasteiger partial charge in [0.2, 0.25) is 0 Å². The van der Waals surface area contributed by atoms with Crippen LogP contribution in [0.2, 0.25) is 0 Å². The van der Waals surface area contributed by atoms with Crippen molar-refractivity contribution in [1.82, 2.24) is 9.88 Å². The molecule has 1 aliphatic heterocycles. The lowest BCUT2D eigenvalue weighted by Gasteiger charge is -2.25. The highest BCUT2D eigenvalue weighted by Crippen LogP contribution is 2.40. The molecule has 0 spiro atoms. The van der Waals surface area contributed by atoms with Gasteiger partial charge in [-0.1, -0.05) is 48.5 Å². The molecule has 1 atom stereocenters. The fourth-order valence-electron chi connectivity index (χ4n) is 3.64. The summed E-state index contributed by atoms with van der Waals surface area (Å²) in [6, 6.07) is 16.6. The number of non-ortho nitro benzene ring substituents is 1. The number of nitro benzene ring substituents is 1.